The van der Waals surface area contributed by atoms with Gasteiger partial charge in [0, 0.05) is 21.5 Å². The second-order valence-corrected chi connectivity index (χ2v) is 10.5. The predicted molar refractivity (Wildman–Crippen MR) is 161 cm³/mol. The summed E-state index contributed by atoms with van der Waals surface area (Å²) in [6, 6.07) is 11.8. The second kappa shape index (κ2) is 16.7. The number of hydrogen-bond donors (Lipinski definition) is 0. The second-order valence-electron chi connectivity index (χ2n) is 10.5. The number of aryl methyl sites for hydroxylation is 2. The zero-order valence-corrected chi connectivity index (χ0v) is 24.8. The van der Waals surface area contributed by atoms with Gasteiger partial charge >= 0.3 is 11.9 Å². The maximum atomic E-state index is 12.5. The van der Waals surface area contributed by atoms with E-state index in [0.717, 1.165) is 71.2 Å². The molecule has 0 N–H and O–H groups in total. The highest BCUT2D eigenvalue weighted by molar-refractivity contribution is 6.11. The number of fused-ring (bicyclic) bond motifs is 2. The molecule has 0 aromatic heterocycles. The topological polar surface area (TPSA) is 71.1 Å². The Bertz CT molecular complexity index is 1150. The molecule has 6 heteroatoms. The highest BCUT2D eigenvalue weighted by atomic mass is 16.6. The van der Waals surface area contributed by atoms with Gasteiger partial charge < -0.3 is 18.9 Å². The maximum Gasteiger partial charge on any atom is 0.344 e. The van der Waals surface area contributed by atoms with Gasteiger partial charge in [0.15, 0.2) is 13.2 Å². The Morgan fingerprint density at radius 1 is 0.575 bits per heavy atom. The van der Waals surface area contributed by atoms with Crippen LogP contribution in [-0.2, 0) is 19.1 Å². The van der Waals surface area contributed by atoms with Crippen LogP contribution < -0.4 is 9.47 Å². The SMILES string of the molecule is CCCCCCCOC(=O)COc1c2ccccc2c(OCC(=O)OCCCCCCC)c2cc(C)c(C)cc12. The summed E-state index contributed by atoms with van der Waals surface area (Å²) in [5.74, 6) is 0.454. The molecule has 40 heavy (non-hydrogen) atoms. The van der Waals surface area contributed by atoms with Gasteiger partial charge in [-0.1, -0.05) is 89.5 Å². The number of carbonyl (C=O) groups excluding carboxylic acids is 2. The lowest BCUT2D eigenvalue weighted by Crippen LogP contribution is -2.17. The minimum absolute atomic E-state index is 0.175. The molecule has 0 fully saturated rings. The van der Waals surface area contributed by atoms with E-state index in [0.29, 0.717) is 24.7 Å². The van der Waals surface area contributed by atoms with Crippen LogP contribution in [0, 0.1) is 13.8 Å². The molecule has 0 spiro atoms. The van der Waals surface area contributed by atoms with Crippen molar-refractivity contribution in [2.45, 2.75) is 91.9 Å². The van der Waals surface area contributed by atoms with E-state index in [1.54, 1.807) is 0 Å². The molecule has 0 amide bonds. The van der Waals surface area contributed by atoms with Gasteiger partial charge in [-0.3, -0.25) is 0 Å². The van der Waals surface area contributed by atoms with E-state index in [-0.39, 0.29) is 25.2 Å². The summed E-state index contributed by atoms with van der Waals surface area (Å²) < 4.78 is 23.1. The van der Waals surface area contributed by atoms with Crippen molar-refractivity contribution in [2.75, 3.05) is 26.4 Å². The van der Waals surface area contributed by atoms with Gasteiger partial charge in [0.25, 0.3) is 0 Å². The van der Waals surface area contributed by atoms with E-state index in [2.05, 4.69) is 13.8 Å². The minimum atomic E-state index is -0.380. The van der Waals surface area contributed by atoms with Crippen molar-refractivity contribution in [2.24, 2.45) is 0 Å². The normalized spacial score (nSPS) is 11.1. The molecule has 0 heterocycles. The van der Waals surface area contributed by atoms with E-state index in [9.17, 15) is 9.59 Å². The van der Waals surface area contributed by atoms with Crippen LogP contribution in [0.3, 0.4) is 0 Å². The van der Waals surface area contributed by atoms with Crippen LogP contribution in [0.5, 0.6) is 11.5 Å². The molecule has 0 aliphatic heterocycles. The first-order chi connectivity index (χ1) is 19.5. The van der Waals surface area contributed by atoms with Gasteiger partial charge in [-0.25, -0.2) is 9.59 Å². The van der Waals surface area contributed by atoms with Crippen LogP contribution in [0.1, 0.15) is 89.2 Å². The fraction of sp³-hybridized carbons (Fsp3) is 0.529. The maximum absolute atomic E-state index is 12.5. The lowest BCUT2D eigenvalue weighted by molar-refractivity contribution is -0.147. The number of carbonyl (C=O) groups is 2. The monoisotopic (exact) mass is 550 g/mol. The predicted octanol–water partition coefficient (Wildman–Crippen LogP) is 8.39. The highest BCUT2D eigenvalue weighted by Crippen LogP contribution is 2.43. The van der Waals surface area contributed by atoms with Crippen molar-refractivity contribution in [3.05, 3.63) is 47.5 Å². The van der Waals surface area contributed by atoms with Crippen LogP contribution in [0.2, 0.25) is 0 Å². The average Bonchev–Trinajstić information content (AvgIpc) is 2.95. The first-order valence-corrected chi connectivity index (χ1v) is 15.0. The van der Waals surface area contributed by atoms with Gasteiger partial charge in [0.2, 0.25) is 0 Å². The Morgan fingerprint density at radius 2 is 0.975 bits per heavy atom. The molecule has 0 unspecified atom stereocenters. The van der Waals surface area contributed by atoms with E-state index in [1.165, 1.54) is 25.7 Å². The fourth-order valence-corrected chi connectivity index (χ4v) is 4.80. The van der Waals surface area contributed by atoms with Crippen LogP contribution in [0.25, 0.3) is 21.5 Å². The molecule has 0 radical (unpaired) electrons. The van der Waals surface area contributed by atoms with Gasteiger partial charge in [0.05, 0.1) is 13.2 Å². The average molecular weight is 551 g/mol. The largest absolute Gasteiger partial charge is 0.481 e. The van der Waals surface area contributed by atoms with Gasteiger partial charge in [-0.15, -0.1) is 0 Å². The smallest absolute Gasteiger partial charge is 0.344 e. The highest BCUT2D eigenvalue weighted by Gasteiger charge is 2.19. The summed E-state index contributed by atoms with van der Waals surface area (Å²) >= 11 is 0. The van der Waals surface area contributed by atoms with Crippen LogP contribution >= 0.6 is 0 Å². The summed E-state index contributed by atoms with van der Waals surface area (Å²) in [6.45, 7) is 8.91. The number of unbranched alkanes of at least 4 members (excludes halogenated alkanes) is 8. The summed E-state index contributed by atoms with van der Waals surface area (Å²) in [6.07, 6.45) is 10.9. The lowest BCUT2D eigenvalue weighted by atomic mass is 9.96. The van der Waals surface area contributed by atoms with Crippen LogP contribution in [0.15, 0.2) is 36.4 Å². The number of esters is 2. The van der Waals surface area contributed by atoms with Crippen LogP contribution in [0.4, 0.5) is 0 Å². The number of ether oxygens (including phenoxy) is 4. The third-order valence-corrected chi connectivity index (χ3v) is 7.23. The van der Waals surface area contributed by atoms with E-state index < -0.39 is 0 Å². The molecule has 0 aliphatic carbocycles. The molecule has 218 valence electrons. The van der Waals surface area contributed by atoms with Crippen molar-refractivity contribution in [1.29, 1.82) is 0 Å². The third kappa shape index (κ3) is 9.14. The minimum Gasteiger partial charge on any atom is -0.481 e. The molecule has 6 nitrogen and oxygen atoms in total. The Hall–Kier alpha value is -3.28. The van der Waals surface area contributed by atoms with E-state index in [1.807, 2.05) is 50.2 Å². The van der Waals surface area contributed by atoms with Gasteiger partial charge in [-0.2, -0.15) is 0 Å². The number of rotatable bonds is 18. The zero-order valence-electron chi connectivity index (χ0n) is 24.8. The summed E-state index contributed by atoms with van der Waals surface area (Å²) in [5.41, 5.74) is 2.19. The molecule has 0 aliphatic rings. The van der Waals surface area contributed by atoms with Crippen molar-refractivity contribution >= 4 is 33.5 Å². The summed E-state index contributed by atoms with van der Waals surface area (Å²) in [7, 11) is 0. The fourth-order valence-electron chi connectivity index (χ4n) is 4.80. The third-order valence-electron chi connectivity index (χ3n) is 7.23. The molecular formula is C34H46O6. The molecule has 3 rings (SSSR count). The Labute approximate surface area is 239 Å². The Morgan fingerprint density at radius 3 is 1.38 bits per heavy atom. The zero-order chi connectivity index (χ0) is 28.7. The van der Waals surface area contributed by atoms with E-state index >= 15 is 0 Å². The van der Waals surface area contributed by atoms with E-state index in [4.69, 9.17) is 18.9 Å². The first-order valence-electron chi connectivity index (χ1n) is 15.0. The standard InChI is InChI=1S/C34H46O6/c1-5-7-9-11-15-19-37-31(35)23-39-33-27-17-13-14-18-28(27)34(30-22-26(4)25(3)21-29(30)33)40-24-32(36)38-20-16-12-10-8-6-2/h13-14,17-18,21-22H,5-12,15-16,19-20,23-24H2,1-4H3. The molecular weight excluding hydrogens is 504 g/mol. The van der Waals surface area contributed by atoms with Gasteiger partial charge in [0.1, 0.15) is 11.5 Å². The quantitative estimate of drug-likeness (QED) is 0.0900. The van der Waals surface area contributed by atoms with Crippen molar-refractivity contribution < 1.29 is 28.5 Å². The molecule has 0 bridgehead atoms. The summed E-state index contributed by atoms with van der Waals surface area (Å²) in [4.78, 5) is 25.0. The van der Waals surface area contributed by atoms with Crippen molar-refractivity contribution in [3.8, 4) is 11.5 Å². The summed E-state index contributed by atoms with van der Waals surface area (Å²) in [5, 5.41) is 3.27. The number of hydrogen-bond acceptors (Lipinski definition) is 6. The van der Waals surface area contributed by atoms with Gasteiger partial charge in [-0.05, 0) is 49.9 Å². The lowest BCUT2D eigenvalue weighted by Gasteiger charge is -2.18. The number of benzene rings is 3. The molecule has 0 saturated heterocycles. The van der Waals surface area contributed by atoms with Crippen LogP contribution in [-0.4, -0.2) is 38.4 Å². The first kappa shape index (κ1) is 31.3. The Kier molecular flexibility index (Phi) is 13.1. The van der Waals surface area contributed by atoms with Crippen molar-refractivity contribution in [3.63, 3.8) is 0 Å². The molecule has 0 saturated carbocycles. The van der Waals surface area contributed by atoms with Crippen molar-refractivity contribution in [1.82, 2.24) is 0 Å². The molecule has 3 aromatic rings. The molecule has 0 atom stereocenters. The Balaban J connectivity index is 1.76. The molecule has 3 aromatic carbocycles.